The maximum atomic E-state index is 15.2. The molecule has 0 aromatic heterocycles. The predicted molar refractivity (Wildman–Crippen MR) is 214 cm³/mol. The Kier molecular flexibility index (Phi) is 14.9. The number of aliphatic hydroxyl groups is 2. The zero-order valence-corrected chi connectivity index (χ0v) is 35.1. The van der Waals surface area contributed by atoms with Crippen LogP contribution < -0.4 is 21.3 Å². The quantitative estimate of drug-likeness (QED) is 0.0378. The number of rotatable bonds is 19. The van der Waals surface area contributed by atoms with Crippen LogP contribution in [0.2, 0.25) is 0 Å². The van der Waals surface area contributed by atoms with E-state index in [1.54, 1.807) is 0 Å². The van der Waals surface area contributed by atoms with Gasteiger partial charge in [0.2, 0.25) is 0 Å². The van der Waals surface area contributed by atoms with Gasteiger partial charge in [0.25, 0.3) is 5.60 Å². The number of carbonyl (C=O) groups excluding carboxylic acids is 3. The van der Waals surface area contributed by atoms with Crippen molar-refractivity contribution in [3.8, 4) is 0 Å². The maximum Gasteiger partial charge on any atom is 0.350 e. The van der Waals surface area contributed by atoms with Crippen LogP contribution in [0.1, 0.15) is 118 Å². The number of nitrogens with two attached hydrogens (primary N) is 3. The molecule has 2 saturated carbocycles. The molecule has 2 heterocycles. The molecule has 11 atom stereocenters. The van der Waals surface area contributed by atoms with Gasteiger partial charge in [-0.25, -0.2) is 10.1 Å². The van der Waals surface area contributed by atoms with Crippen molar-refractivity contribution in [3.63, 3.8) is 0 Å². The summed E-state index contributed by atoms with van der Waals surface area (Å²) in [6, 6.07) is 0.0828. The van der Waals surface area contributed by atoms with Gasteiger partial charge in [0.1, 0.15) is 25.0 Å². The van der Waals surface area contributed by atoms with Crippen molar-refractivity contribution in [3.05, 3.63) is 34.9 Å². The number of aliphatic hydroxyl groups excluding tert-OH is 2. The smallest absolute Gasteiger partial charge is 0.350 e. The number of ether oxygens (including phenoxy) is 2. The molecule has 6 rings (SSSR count). The predicted octanol–water partition coefficient (Wildman–Crippen LogP) is 1.79. The molecule has 0 amide bonds. The van der Waals surface area contributed by atoms with Gasteiger partial charge in [-0.05, 0) is 125 Å². The maximum absolute atomic E-state index is 15.2. The van der Waals surface area contributed by atoms with Crippen molar-refractivity contribution >= 4 is 17.5 Å². The van der Waals surface area contributed by atoms with Crippen LogP contribution in [0.4, 0.5) is 0 Å². The van der Waals surface area contributed by atoms with Crippen LogP contribution in [0.25, 0.3) is 0 Å². The number of nitrogens with one attached hydrogen (secondary N) is 1. The summed E-state index contributed by atoms with van der Waals surface area (Å²) in [7, 11) is 2.06. The first kappa shape index (κ1) is 43.3. The number of piperidine rings is 1. The number of hydrogen-bond acceptors (Lipinski definition) is 8. The Morgan fingerprint density at radius 2 is 1.96 bits per heavy atom. The molecule has 4 aliphatic carbocycles. The first-order chi connectivity index (χ1) is 27.0. The van der Waals surface area contributed by atoms with Crippen LogP contribution in [0.15, 0.2) is 34.9 Å². The molecule has 11 unspecified atom stereocenters. The Balaban J connectivity index is 1.30. The average molecular weight is 784 g/mol. The molecule has 0 aromatic carbocycles. The van der Waals surface area contributed by atoms with Crippen LogP contribution in [-0.4, -0.2) is 97.3 Å². The number of carbonyl (C=O) groups is 3. The minimum absolute atomic E-state index is 0.00270. The third kappa shape index (κ3) is 8.85. The van der Waals surface area contributed by atoms with E-state index in [9.17, 15) is 10.2 Å². The third-order valence-electron chi connectivity index (χ3n) is 14.5. The molecule has 56 heavy (non-hydrogen) atoms. The van der Waals surface area contributed by atoms with Crippen LogP contribution in [0.3, 0.4) is 0 Å². The lowest BCUT2D eigenvalue weighted by molar-refractivity contribution is -0.716. The number of quaternary nitrogens is 3. The van der Waals surface area contributed by atoms with Crippen molar-refractivity contribution in [1.82, 2.24) is 5.32 Å². The van der Waals surface area contributed by atoms with Gasteiger partial charge in [-0.2, -0.15) is 0 Å². The molecule has 0 spiro atoms. The van der Waals surface area contributed by atoms with Crippen molar-refractivity contribution in [1.29, 1.82) is 0 Å². The zero-order valence-electron chi connectivity index (χ0n) is 35.1. The molecule has 0 radical (unpaired) electrons. The van der Waals surface area contributed by atoms with Gasteiger partial charge in [0, 0.05) is 31.3 Å². The standard InChI is InChI=1S/C45H72N4O7/c1-6-47-37-24-32-12-8-7-11-31(32)23-36(37)38(15-10-20-50)55-43(54)45-42(53)40-33(21-28(2)3)13-9-14-35(40)41(52)44(45,56-45)25-34(26-51)29(4)16-17-30-18-19-48-39(22-30)49-27-46-5/h8,12,24,28,30-31,33,35-40,46-51H,6-7,9-11,13-23,25-27H2,1-5H3/p+3. The first-order valence-electron chi connectivity index (χ1n) is 22.5. The molecule has 314 valence electrons. The Bertz CT molecular complexity index is 1490. The highest BCUT2D eigenvalue weighted by molar-refractivity contribution is 6.23. The highest BCUT2D eigenvalue weighted by atomic mass is 16.7. The number of hydrogen-bond donors (Lipinski definition) is 6. The number of likely N-dealkylation sites (N-methyl/N-ethyl adjacent to an activating group) is 1. The Labute approximate surface area is 335 Å². The summed E-state index contributed by atoms with van der Waals surface area (Å²) in [6.45, 7) is 11.0. The molecule has 2 aliphatic heterocycles. The van der Waals surface area contributed by atoms with Gasteiger partial charge in [0.15, 0.2) is 17.2 Å². The van der Waals surface area contributed by atoms with Crippen LogP contribution >= 0.6 is 0 Å². The number of esters is 1. The molecule has 11 nitrogen and oxygen atoms in total. The highest BCUT2D eigenvalue weighted by Crippen LogP contribution is 2.63. The average Bonchev–Trinajstić information content (AvgIpc) is 3.90. The number of Topliss-reactive ketones (excluding diaryl/α,β-unsaturated/α-hetero) is 2. The van der Waals surface area contributed by atoms with Crippen molar-refractivity contribution < 1.29 is 50.0 Å². The summed E-state index contributed by atoms with van der Waals surface area (Å²) in [4.78, 5) is 45.2. The second-order valence-electron chi connectivity index (χ2n) is 18.7. The van der Waals surface area contributed by atoms with E-state index >= 15 is 14.4 Å². The minimum Gasteiger partial charge on any atom is -0.459 e. The fourth-order valence-corrected chi connectivity index (χ4v) is 11.6. The van der Waals surface area contributed by atoms with Gasteiger partial charge < -0.3 is 35.6 Å². The zero-order chi connectivity index (χ0) is 40.0. The van der Waals surface area contributed by atoms with E-state index in [1.807, 2.05) is 6.92 Å². The van der Waals surface area contributed by atoms with E-state index in [2.05, 4.69) is 67.3 Å². The second-order valence-corrected chi connectivity index (χ2v) is 18.7. The summed E-state index contributed by atoms with van der Waals surface area (Å²) in [6.07, 6.45) is 17.6. The fourth-order valence-electron chi connectivity index (χ4n) is 11.6. The Morgan fingerprint density at radius 1 is 1.14 bits per heavy atom. The molecule has 2 saturated heterocycles. The van der Waals surface area contributed by atoms with E-state index in [4.69, 9.17) is 9.47 Å². The molecule has 0 bridgehead atoms. The lowest BCUT2D eigenvalue weighted by Gasteiger charge is -2.43. The first-order valence-corrected chi connectivity index (χ1v) is 22.5. The van der Waals surface area contributed by atoms with E-state index in [-0.39, 0.29) is 49.1 Å². The molecule has 4 fully saturated rings. The summed E-state index contributed by atoms with van der Waals surface area (Å²) >= 11 is 0. The van der Waals surface area contributed by atoms with E-state index < -0.39 is 35.1 Å². The number of epoxide rings is 1. The number of allylic oxidation sites excluding steroid dienone is 4. The summed E-state index contributed by atoms with van der Waals surface area (Å²) < 4.78 is 13.2. The van der Waals surface area contributed by atoms with Gasteiger partial charge in [-0.1, -0.05) is 38.0 Å². The topological polar surface area (TPSA) is 175 Å². The normalized spacial score (nSPS) is 36.2. The SMILES string of the molecule is CC[NH2+]C1C=C2C=CCCC2CC1C(CCCO)OC(=O)C12OC1(CC(CO)=C(C)CCC1CC[NH2+]C(NC[NH2+]C)C1)C(=O)C1CCCC(CC(C)C)C1C2=O. The van der Waals surface area contributed by atoms with E-state index in [0.29, 0.717) is 48.8 Å². The molecule has 9 N–H and O–H groups in total. The van der Waals surface area contributed by atoms with E-state index in [0.717, 1.165) is 89.5 Å². The number of fused-ring (bicyclic) bond motifs is 3. The molecule has 6 aliphatic rings. The molecule has 11 heteroatoms. The van der Waals surface area contributed by atoms with Crippen molar-refractivity contribution in [2.75, 3.05) is 40.0 Å². The summed E-state index contributed by atoms with van der Waals surface area (Å²) in [5.41, 5.74) is -0.641. The highest BCUT2D eigenvalue weighted by Gasteiger charge is 2.87. The van der Waals surface area contributed by atoms with Gasteiger partial charge >= 0.3 is 5.97 Å². The third-order valence-corrected chi connectivity index (χ3v) is 14.5. The van der Waals surface area contributed by atoms with Crippen molar-refractivity contribution in [2.24, 2.45) is 41.4 Å². The van der Waals surface area contributed by atoms with Crippen LogP contribution in [0.5, 0.6) is 0 Å². The Hall–Kier alpha value is -2.25. The molecule has 0 aromatic rings. The van der Waals surface area contributed by atoms with Crippen LogP contribution in [-0.2, 0) is 23.9 Å². The lowest BCUT2D eigenvalue weighted by atomic mass is 9.56. The number of ketones is 2. The van der Waals surface area contributed by atoms with Crippen LogP contribution in [0, 0.1) is 41.4 Å². The Morgan fingerprint density at radius 3 is 2.70 bits per heavy atom. The fraction of sp³-hybridized carbons (Fsp3) is 0.800. The van der Waals surface area contributed by atoms with Gasteiger partial charge in [-0.3, -0.25) is 9.59 Å². The van der Waals surface area contributed by atoms with E-state index in [1.165, 1.54) is 5.57 Å². The molecular weight excluding hydrogens is 709 g/mol. The monoisotopic (exact) mass is 784 g/mol. The van der Waals surface area contributed by atoms with Gasteiger partial charge in [0.05, 0.1) is 32.7 Å². The summed E-state index contributed by atoms with van der Waals surface area (Å²) in [5.74, 6) is -0.997. The van der Waals surface area contributed by atoms with Gasteiger partial charge in [-0.15, -0.1) is 0 Å². The molecular formula is C45H75N4O7+3. The minimum atomic E-state index is -2.02. The second kappa shape index (κ2) is 19.2. The summed E-state index contributed by atoms with van der Waals surface area (Å²) in [5, 5.41) is 31.3. The lowest BCUT2D eigenvalue weighted by Crippen LogP contribution is -2.97. The largest absolute Gasteiger partial charge is 0.459 e. The van der Waals surface area contributed by atoms with Crippen molar-refractivity contribution in [2.45, 2.75) is 147 Å².